The zero-order valence-electron chi connectivity index (χ0n) is 20.4. The maximum absolute atomic E-state index is 12.5. The fourth-order valence-electron chi connectivity index (χ4n) is 4.29. The van der Waals surface area contributed by atoms with Gasteiger partial charge >= 0.3 is 0 Å². The number of aryl methyl sites for hydroxylation is 1. The molecule has 3 rings (SSSR count). The van der Waals surface area contributed by atoms with Gasteiger partial charge in [0.2, 0.25) is 5.91 Å². The number of carbonyl (C=O) groups excluding carboxylic acids is 1. The van der Waals surface area contributed by atoms with E-state index < -0.39 is 0 Å². The Balaban J connectivity index is 1.59. The first-order chi connectivity index (χ1) is 15.9. The number of allylic oxidation sites excluding steroid dienone is 1. The first kappa shape index (κ1) is 24.8. The molecule has 1 fully saturated rings. The molecule has 1 amide bonds. The van der Waals surface area contributed by atoms with E-state index >= 15 is 0 Å². The van der Waals surface area contributed by atoms with Gasteiger partial charge in [0.15, 0.2) is 0 Å². The van der Waals surface area contributed by atoms with Crippen molar-refractivity contribution in [3.05, 3.63) is 59.7 Å². The van der Waals surface area contributed by atoms with Gasteiger partial charge in [0, 0.05) is 55.6 Å². The summed E-state index contributed by atoms with van der Waals surface area (Å²) in [6.45, 7) is 12.1. The number of likely N-dealkylation sites (N-methyl/N-ethyl adjacent to an activating group) is 1. The molecule has 3 N–H and O–H groups in total. The Morgan fingerprint density at radius 3 is 2.48 bits per heavy atom. The minimum Gasteiger partial charge on any atom is -0.497 e. The Kier molecular flexibility index (Phi) is 8.92. The number of carbonyl (C=O) groups is 1. The number of rotatable bonds is 9. The molecule has 1 aliphatic rings. The van der Waals surface area contributed by atoms with Crippen LogP contribution >= 0.6 is 0 Å². The first-order valence-corrected chi connectivity index (χ1v) is 11.9. The Morgan fingerprint density at radius 2 is 1.85 bits per heavy atom. The van der Waals surface area contributed by atoms with E-state index in [0.717, 1.165) is 66.5 Å². The van der Waals surface area contributed by atoms with Crippen molar-refractivity contribution in [3.63, 3.8) is 0 Å². The molecule has 0 spiro atoms. The summed E-state index contributed by atoms with van der Waals surface area (Å²) >= 11 is 0. The van der Waals surface area contributed by atoms with Crippen LogP contribution in [-0.2, 0) is 11.2 Å². The fraction of sp³-hybridized carbons (Fsp3) is 0.444. The van der Waals surface area contributed by atoms with Gasteiger partial charge in [0.25, 0.3) is 0 Å². The normalized spacial score (nSPS) is 16.4. The predicted molar refractivity (Wildman–Crippen MR) is 138 cm³/mol. The van der Waals surface area contributed by atoms with Crippen LogP contribution in [0.2, 0.25) is 0 Å². The maximum Gasteiger partial charge on any atom is 0.224 e. The standard InChI is InChI=1S/C27H38N4O2/c1-5-30-14-16-31(17-15-30)21(3)18-20(2)25-19-23(9-12-26(25)28)29-27(32)13-8-22-6-10-24(33-4)11-7-22/h6-7,9-12,18-19,21H,5,8,13-17,28H2,1-4H3,(H,29,32)/b20-18-. The van der Waals surface area contributed by atoms with Crippen molar-refractivity contribution in [1.29, 1.82) is 0 Å². The Morgan fingerprint density at radius 1 is 1.15 bits per heavy atom. The average Bonchev–Trinajstić information content (AvgIpc) is 2.84. The second-order valence-electron chi connectivity index (χ2n) is 8.76. The summed E-state index contributed by atoms with van der Waals surface area (Å²) in [4.78, 5) is 17.5. The number of hydrogen-bond donors (Lipinski definition) is 2. The van der Waals surface area contributed by atoms with Gasteiger partial charge in [0.05, 0.1) is 7.11 Å². The Labute approximate surface area is 198 Å². The molecule has 6 heteroatoms. The van der Waals surface area contributed by atoms with Crippen LogP contribution in [0.25, 0.3) is 5.57 Å². The molecule has 2 aromatic carbocycles. The van der Waals surface area contributed by atoms with E-state index in [-0.39, 0.29) is 5.91 Å². The van der Waals surface area contributed by atoms with Crippen LogP contribution in [0.4, 0.5) is 11.4 Å². The molecule has 1 aliphatic heterocycles. The smallest absolute Gasteiger partial charge is 0.224 e. The first-order valence-electron chi connectivity index (χ1n) is 11.9. The number of amides is 1. The largest absolute Gasteiger partial charge is 0.497 e. The summed E-state index contributed by atoms with van der Waals surface area (Å²) in [5.74, 6) is 0.809. The number of anilines is 2. The molecule has 1 saturated heterocycles. The van der Waals surface area contributed by atoms with Crippen LogP contribution in [0.1, 0.15) is 38.3 Å². The molecule has 6 nitrogen and oxygen atoms in total. The highest BCUT2D eigenvalue weighted by Crippen LogP contribution is 2.26. The van der Waals surface area contributed by atoms with E-state index in [0.29, 0.717) is 18.9 Å². The van der Waals surface area contributed by atoms with E-state index in [1.807, 2.05) is 42.5 Å². The van der Waals surface area contributed by atoms with Gasteiger partial charge in [-0.05, 0) is 68.3 Å². The highest BCUT2D eigenvalue weighted by molar-refractivity contribution is 5.92. The fourth-order valence-corrected chi connectivity index (χ4v) is 4.29. The molecule has 2 aromatic rings. The van der Waals surface area contributed by atoms with E-state index in [4.69, 9.17) is 10.5 Å². The van der Waals surface area contributed by atoms with Crippen LogP contribution in [-0.4, -0.2) is 61.6 Å². The number of benzene rings is 2. The molecule has 1 heterocycles. The van der Waals surface area contributed by atoms with Crippen molar-refractivity contribution in [1.82, 2.24) is 9.80 Å². The Hall–Kier alpha value is -2.83. The minimum atomic E-state index is -0.00895. The van der Waals surface area contributed by atoms with Gasteiger partial charge < -0.3 is 20.7 Å². The molecule has 0 aliphatic carbocycles. The van der Waals surface area contributed by atoms with Gasteiger partial charge in [-0.15, -0.1) is 0 Å². The molecule has 178 valence electrons. The van der Waals surface area contributed by atoms with Crippen molar-refractivity contribution < 1.29 is 9.53 Å². The third kappa shape index (κ3) is 7.07. The predicted octanol–water partition coefficient (Wildman–Crippen LogP) is 4.28. The van der Waals surface area contributed by atoms with E-state index in [2.05, 4.69) is 42.0 Å². The topological polar surface area (TPSA) is 70.8 Å². The SMILES string of the molecule is CCN1CCN(C(C)/C=C(/C)c2cc(NC(=O)CCc3ccc(OC)cc3)ccc2N)CC1. The maximum atomic E-state index is 12.5. The number of methoxy groups -OCH3 is 1. The van der Waals surface area contributed by atoms with E-state index in [1.165, 1.54) is 0 Å². The summed E-state index contributed by atoms with van der Waals surface area (Å²) in [5, 5.41) is 3.02. The molecule has 33 heavy (non-hydrogen) atoms. The highest BCUT2D eigenvalue weighted by atomic mass is 16.5. The lowest BCUT2D eigenvalue weighted by molar-refractivity contribution is -0.116. The van der Waals surface area contributed by atoms with Crippen molar-refractivity contribution >= 4 is 22.9 Å². The third-order valence-corrected chi connectivity index (χ3v) is 6.48. The molecule has 0 radical (unpaired) electrons. The van der Waals surface area contributed by atoms with Gasteiger partial charge in [-0.1, -0.05) is 25.1 Å². The highest BCUT2D eigenvalue weighted by Gasteiger charge is 2.19. The van der Waals surface area contributed by atoms with Gasteiger partial charge in [0.1, 0.15) is 5.75 Å². The third-order valence-electron chi connectivity index (χ3n) is 6.48. The summed E-state index contributed by atoms with van der Waals surface area (Å²) in [7, 11) is 1.65. The monoisotopic (exact) mass is 450 g/mol. The molecule has 1 unspecified atom stereocenters. The lowest BCUT2D eigenvalue weighted by Gasteiger charge is -2.36. The molecule has 0 bridgehead atoms. The molecule has 0 saturated carbocycles. The zero-order valence-corrected chi connectivity index (χ0v) is 20.4. The summed E-state index contributed by atoms with van der Waals surface area (Å²) < 4.78 is 5.18. The van der Waals surface area contributed by atoms with Crippen LogP contribution < -0.4 is 15.8 Å². The Bertz CT molecular complexity index is 947. The van der Waals surface area contributed by atoms with Crippen LogP contribution in [0.15, 0.2) is 48.5 Å². The van der Waals surface area contributed by atoms with Crippen molar-refractivity contribution in [2.45, 2.75) is 39.7 Å². The summed E-state index contributed by atoms with van der Waals surface area (Å²) in [6, 6.07) is 13.9. The van der Waals surface area contributed by atoms with Gasteiger partial charge in [-0.2, -0.15) is 0 Å². The van der Waals surface area contributed by atoms with Gasteiger partial charge in [-0.25, -0.2) is 0 Å². The molecule has 0 aromatic heterocycles. The number of piperazine rings is 1. The number of nitrogens with two attached hydrogens (primary N) is 1. The minimum absolute atomic E-state index is 0.00895. The number of nitrogens with one attached hydrogen (secondary N) is 1. The number of nitrogens with zero attached hydrogens (tertiary/aromatic N) is 2. The van der Waals surface area contributed by atoms with Crippen LogP contribution in [0.3, 0.4) is 0 Å². The van der Waals surface area contributed by atoms with E-state index in [1.54, 1.807) is 7.11 Å². The summed E-state index contributed by atoms with van der Waals surface area (Å²) in [6.07, 6.45) is 3.38. The van der Waals surface area contributed by atoms with E-state index in [9.17, 15) is 4.79 Å². The number of nitrogen functional groups attached to an aromatic ring is 1. The number of hydrogen-bond acceptors (Lipinski definition) is 5. The number of ether oxygens (including phenoxy) is 1. The van der Waals surface area contributed by atoms with Crippen molar-refractivity contribution in [2.24, 2.45) is 0 Å². The van der Waals surface area contributed by atoms with Crippen molar-refractivity contribution in [2.75, 3.05) is 50.9 Å². The second-order valence-corrected chi connectivity index (χ2v) is 8.76. The average molecular weight is 451 g/mol. The zero-order chi connectivity index (χ0) is 23.8. The van der Waals surface area contributed by atoms with Gasteiger partial charge in [-0.3, -0.25) is 9.69 Å². The quantitative estimate of drug-likeness (QED) is 0.558. The van der Waals surface area contributed by atoms with Crippen LogP contribution in [0.5, 0.6) is 5.75 Å². The summed E-state index contributed by atoms with van der Waals surface area (Å²) in [5.41, 5.74) is 11.0. The van der Waals surface area contributed by atoms with Crippen molar-refractivity contribution in [3.8, 4) is 5.75 Å². The van der Waals surface area contributed by atoms with Crippen LogP contribution in [0, 0.1) is 0 Å². The lowest BCUT2D eigenvalue weighted by atomic mass is 10.0. The lowest BCUT2D eigenvalue weighted by Crippen LogP contribution is -2.48. The molecule has 1 atom stereocenters. The molecular weight excluding hydrogens is 412 g/mol. The second kappa shape index (κ2) is 11.9. The molecular formula is C27H38N4O2.